The minimum absolute atomic E-state index is 0.0846. The first kappa shape index (κ1) is 15.2. The summed E-state index contributed by atoms with van der Waals surface area (Å²) < 4.78 is 1.05. The van der Waals surface area contributed by atoms with Gasteiger partial charge in [-0.3, -0.25) is 14.4 Å². The zero-order chi connectivity index (χ0) is 15.9. The van der Waals surface area contributed by atoms with E-state index in [2.05, 4.69) is 21.2 Å². The van der Waals surface area contributed by atoms with Gasteiger partial charge in [-0.25, -0.2) is 0 Å². The third-order valence-corrected chi connectivity index (χ3v) is 5.19. The van der Waals surface area contributed by atoms with Gasteiger partial charge in [0.1, 0.15) is 5.92 Å². The van der Waals surface area contributed by atoms with Crippen molar-refractivity contribution < 1.29 is 14.4 Å². The summed E-state index contributed by atoms with van der Waals surface area (Å²) in [7, 11) is 0. The number of ketones is 1. The number of Topliss-reactive ketones (excluding diaryl/α,β-unsaturated/α-hetero) is 1. The molecule has 0 bridgehead atoms. The Labute approximate surface area is 137 Å². The molecule has 2 atom stereocenters. The Bertz CT molecular complexity index is 659. The lowest BCUT2D eigenvalue weighted by Crippen LogP contribution is -2.37. The second-order valence-corrected chi connectivity index (χ2v) is 6.52. The molecule has 1 fully saturated rings. The summed E-state index contributed by atoms with van der Waals surface area (Å²) in [6.45, 7) is 2.45. The maximum Gasteiger partial charge on any atom is 0.290 e. The number of nitrogens with one attached hydrogen (secondary N) is 1. The van der Waals surface area contributed by atoms with Gasteiger partial charge in [-0.15, -0.1) is 0 Å². The van der Waals surface area contributed by atoms with Crippen LogP contribution < -0.4 is 5.32 Å². The second kappa shape index (κ2) is 5.83. The SMILES string of the molecule is CCN1CC(C(=O)N[C@@H]2CCc3c(Br)cccc32)C(=O)C1=O. The fourth-order valence-electron chi connectivity index (χ4n) is 3.20. The van der Waals surface area contributed by atoms with Gasteiger partial charge in [0.25, 0.3) is 5.91 Å². The van der Waals surface area contributed by atoms with Gasteiger partial charge in [-0.2, -0.15) is 0 Å². The molecule has 116 valence electrons. The first-order chi connectivity index (χ1) is 10.5. The van der Waals surface area contributed by atoms with Crippen molar-refractivity contribution in [2.75, 3.05) is 13.1 Å². The van der Waals surface area contributed by atoms with Crippen LogP contribution in [-0.4, -0.2) is 35.6 Å². The summed E-state index contributed by atoms with van der Waals surface area (Å²) in [5, 5.41) is 2.94. The fraction of sp³-hybridized carbons (Fsp3) is 0.438. The molecule has 6 heteroatoms. The van der Waals surface area contributed by atoms with Crippen molar-refractivity contribution in [1.29, 1.82) is 0 Å². The number of carbonyl (C=O) groups is 3. The van der Waals surface area contributed by atoms with Gasteiger partial charge in [-0.1, -0.05) is 28.1 Å². The molecule has 1 N–H and O–H groups in total. The van der Waals surface area contributed by atoms with Crippen LogP contribution in [0.15, 0.2) is 22.7 Å². The largest absolute Gasteiger partial charge is 0.349 e. The Morgan fingerprint density at radius 2 is 2.18 bits per heavy atom. The number of rotatable bonds is 3. The molecule has 0 saturated carbocycles. The van der Waals surface area contributed by atoms with E-state index in [9.17, 15) is 14.4 Å². The summed E-state index contributed by atoms with van der Waals surface area (Å²) in [6, 6.07) is 5.84. The van der Waals surface area contributed by atoms with Crippen molar-refractivity contribution in [3.05, 3.63) is 33.8 Å². The molecule has 1 aliphatic heterocycles. The van der Waals surface area contributed by atoms with Gasteiger partial charge in [0, 0.05) is 17.6 Å². The van der Waals surface area contributed by atoms with Gasteiger partial charge < -0.3 is 10.2 Å². The lowest BCUT2D eigenvalue weighted by Gasteiger charge is -2.17. The molecule has 0 spiro atoms. The van der Waals surface area contributed by atoms with Crippen LogP contribution in [0.2, 0.25) is 0 Å². The van der Waals surface area contributed by atoms with Crippen molar-refractivity contribution in [3.63, 3.8) is 0 Å². The van der Waals surface area contributed by atoms with Gasteiger partial charge in [-0.05, 0) is 37.0 Å². The third-order valence-electron chi connectivity index (χ3n) is 4.45. The van der Waals surface area contributed by atoms with E-state index in [4.69, 9.17) is 0 Å². The second-order valence-electron chi connectivity index (χ2n) is 5.67. The molecule has 1 aliphatic carbocycles. The molecule has 1 saturated heterocycles. The Balaban J connectivity index is 1.73. The van der Waals surface area contributed by atoms with Crippen LogP contribution in [0.5, 0.6) is 0 Å². The maximum absolute atomic E-state index is 12.4. The normalized spacial score (nSPS) is 23.8. The van der Waals surface area contributed by atoms with E-state index in [0.717, 1.165) is 22.9 Å². The molecule has 1 aromatic rings. The molecule has 1 heterocycles. The minimum Gasteiger partial charge on any atom is -0.349 e. The Kier molecular flexibility index (Phi) is 4.04. The first-order valence-electron chi connectivity index (χ1n) is 7.43. The standard InChI is InChI=1S/C16H17BrN2O3/c1-2-19-8-11(14(20)16(19)22)15(21)18-13-7-6-9-10(13)4-3-5-12(9)17/h3-5,11,13H,2,6-8H2,1H3,(H,18,21)/t11?,13-/m1/s1. The van der Waals surface area contributed by atoms with Crippen LogP contribution in [0.4, 0.5) is 0 Å². The number of amides is 2. The third kappa shape index (κ3) is 2.45. The van der Waals surface area contributed by atoms with E-state index in [1.807, 2.05) is 18.2 Å². The number of benzene rings is 1. The van der Waals surface area contributed by atoms with Crippen molar-refractivity contribution in [3.8, 4) is 0 Å². The van der Waals surface area contributed by atoms with E-state index in [1.165, 1.54) is 10.5 Å². The van der Waals surface area contributed by atoms with Gasteiger partial charge >= 0.3 is 0 Å². The van der Waals surface area contributed by atoms with Crippen molar-refractivity contribution in [1.82, 2.24) is 10.2 Å². The van der Waals surface area contributed by atoms with Gasteiger partial charge in [0.15, 0.2) is 0 Å². The predicted octanol–water partition coefficient (Wildman–Crippen LogP) is 1.60. The van der Waals surface area contributed by atoms with E-state index in [1.54, 1.807) is 6.92 Å². The number of likely N-dealkylation sites (N-methyl/N-ethyl adjacent to an activating group) is 1. The fourth-order valence-corrected chi connectivity index (χ4v) is 3.78. The van der Waals surface area contributed by atoms with Crippen molar-refractivity contribution >= 4 is 33.5 Å². The summed E-state index contributed by atoms with van der Waals surface area (Å²) in [4.78, 5) is 37.5. The molecule has 3 rings (SSSR count). The molecule has 1 aromatic carbocycles. The molecule has 2 amide bonds. The van der Waals surface area contributed by atoms with E-state index in [0.29, 0.717) is 6.54 Å². The average Bonchev–Trinajstić information content (AvgIpc) is 3.03. The number of nitrogens with zero attached hydrogens (tertiary/aromatic N) is 1. The van der Waals surface area contributed by atoms with Crippen molar-refractivity contribution in [2.45, 2.75) is 25.8 Å². The highest BCUT2D eigenvalue weighted by Crippen LogP contribution is 2.35. The number of halogens is 1. The topological polar surface area (TPSA) is 66.5 Å². The molecular formula is C16H17BrN2O3. The number of fused-ring (bicyclic) bond motifs is 1. The van der Waals surface area contributed by atoms with Crippen LogP contribution >= 0.6 is 15.9 Å². The highest BCUT2D eigenvalue weighted by atomic mass is 79.9. The zero-order valence-electron chi connectivity index (χ0n) is 12.3. The smallest absolute Gasteiger partial charge is 0.290 e. The zero-order valence-corrected chi connectivity index (χ0v) is 13.9. The number of likely N-dealkylation sites (tertiary alicyclic amines) is 1. The summed E-state index contributed by atoms with van der Waals surface area (Å²) in [6.07, 6.45) is 1.70. The number of hydrogen-bond acceptors (Lipinski definition) is 3. The van der Waals surface area contributed by atoms with E-state index >= 15 is 0 Å². The predicted molar refractivity (Wildman–Crippen MR) is 84.1 cm³/mol. The number of carbonyl (C=O) groups excluding carboxylic acids is 3. The Morgan fingerprint density at radius 1 is 1.41 bits per heavy atom. The number of hydrogen-bond donors (Lipinski definition) is 1. The lowest BCUT2D eigenvalue weighted by atomic mass is 10.0. The quantitative estimate of drug-likeness (QED) is 0.654. The Hall–Kier alpha value is -1.69. The van der Waals surface area contributed by atoms with E-state index in [-0.39, 0.29) is 18.5 Å². The van der Waals surface area contributed by atoms with Crippen LogP contribution in [0, 0.1) is 5.92 Å². The summed E-state index contributed by atoms with van der Waals surface area (Å²) in [5.74, 6) is -2.35. The van der Waals surface area contributed by atoms with Crippen LogP contribution in [0.25, 0.3) is 0 Å². The molecule has 22 heavy (non-hydrogen) atoms. The molecule has 2 aliphatic rings. The molecule has 0 radical (unpaired) electrons. The molecule has 1 unspecified atom stereocenters. The Morgan fingerprint density at radius 3 is 2.86 bits per heavy atom. The minimum atomic E-state index is -0.872. The highest BCUT2D eigenvalue weighted by Gasteiger charge is 2.43. The van der Waals surface area contributed by atoms with Crippen LogP contribution in [0.1, 0.15) is 30.5 Å². The monoisotopic (exact) mass is 364 g/mol. The molecule has 0 aromatic heterocycles. The summed E-state index contributed by atoms with van der Waals surface area (Å²) >= 11 is 3.52. The van der Waals surface area contributed by atoms with Gasteiger partial charge in [0.2, 0.25) is 11.7 Å². The first-order valence-corrected chi connectivity index (χ1v) is 8.23. The maximum atomic E-state index is 12.4. The average molecular weight is 365 g/mol. The van der Waals surface area contributed by atoms with Crippen LogP contribution in [-0.2, 0) is 20.8 Å². The molecule has 5 nitrogen and oxygen atoms in total. The summed E-state index contributed by atoms with van der Waals surface area (Å²) in [5.41, 5.74) is 2.30. The highest BCUT2D eigenvalue weighted by molar-refractivity contribution is 9.10. The van der Waals surface area contributed by atoms with Gasteiger partial charge in [0.05, 0.1) is 6.04 Å². The van der Waals surface area contributed by atoms with E-state index < -0.39 is 17.6 Å². The van der Waals surface area contributed by atoms with Crippen LogP contribution in [0.3, 0.4) is 0 Å². The van der Waals surface area contributed by atoms with Crippen molar-refractivity contribution in [2.24, 2.45) is 5.92 Å². The molecular weight excluding hydrogens is 348 g/mol. The lowest BCUT2D eigenvalue weighted by molar-refractivity contribution is -0.142.